The van der Waals surface area contributed by atoms with E-state index in [0.29, 0.717) is 18.0 Å². The standard InChI is InChI=1S/C10H12N4O3S2/c1-2-17-8-6-4-3-5-7(8)14-19(15,16)10-13-12-9(11)18-10/h3-6,14H,2H2,1H3,(H2,11,12). The molecule has 7 nitrogen and oxygen atoms in total. The Morgan fingerprint density at radius 1 is 1.37 bits per heavy atom. The number of benzene rings is 1. The minimum atomic E-state index is -3.80. The van der Waals surface area contributed by atoms with Gasteiger partial charge in [-0.05, 0) is 19.1 Å². The van der Waals surface area contributed by atoms with Crippen LogP contribution in [0.5, 0.6) is 5.75 Å². The van der Waals surface area contributed by atoms with Crippen molar-refractivity contribution in [2.75, 3.05) is 17.1 Å². The topological polar surface area (TPSA) is 107 Å². The lowest BCUT2D eigenvalue weighted by molar-refractivity contribution is 0.342. The van der Waals surface area contributed by atoms with Crippen LogP contribution in [0.25, 0.3) is 0 Å². The molecule has 0 spiro atoms. The first-order valence-electron chi connectivity index (χ1n) is 5.36. The zero-order valence-corrected chi connectivity index (χ0v) is 11.7. The number of sulfonamides is 1. The minimum Gasteiger partial charge on any atom is -0.492 e. The van der Waals surface area contributed by atoms with Crippen molar-refractivity contribution in [2.24, 2.45) is 0 Å². The molecule has 1 heterocycles. The first-order valence-corrected chi connectivity index (χ1v) is 7.66. The number of aromatic nitrogens is 2. The summed E-state index contributed by atoms with van der Waals surface area (Å²) >= 11 is 0.797. The smallest absolute Gasteiger partial charge is 0.291 e. The number of para-hydroxylation sites is 2. The maximum Gasteiger partial charge on any atom is 0.291 e. The van der Waals surface area contributed by atoms with Crippen LogP contribution < -0.4 is 15.2 Å². The van der Waals surface area contributed by atoms with Crippen molar-refractivity contribution in [3.05, 3.63) is 24.3 Å². The van der Waals surface area contributed by atoms with Crippen molar-refractivity contribution in [2.45, 2.75) is 11.3 Å². The van der Waals surface area contributed by atoms with E-state index in [1.807, 2.05) is 6.92 Å². The highest BCUT2D eigenvalue weighted by Crippen LogP contribution is 2.27. The molecule has 0 radical (unpaired) electrons. The molecule has 3 N–H and O–H groups in total. The van der Waals surface area contributed by atoms with Crippen molar-refractivity contribution < 1.29 is 13.2 Å². The van der Waals surface area contributed by atoms with E-state index in [9.17, 15) is 8.42 Å². The summed E-state index contributed by atoms with van der Waals surface area (Å²) in [4.78, 5) is 0. The van der Waals surface area contributed by atoms with Crippen LogP contribution in [0, 0.1) is 0 Å². The number of anilines is 2. The van der Waals surface area contributed by atoms with Crippen LogP contribution in [0.1, 0.15) is 6.92 Å². The highest BCUT2D eigenvalue weighted by atomic mass is 32.2. The third-order valence-corrected chi connectivity index (χ3v) is 4.57. The Bertz CT molecular complexity index is 669. The van der Waals surface area contributed by atoms with Gasteiger partial charge >= 0.3 is 0 Å². The van der Waals surface area contributed by atoms with E-state index in [-0.39, 0.29) is 9.47 Å². The molecule has 102 valence electrons. The van der Waals surface area contributed by atoms with Gasteiger partial charge in [0.2, 0.25) is 5.13 Å². The molecule has 0 fully saturated rings. The van der Waals surface area contributed by atoms with Gasteiger partial charge in [0.1, 0.15) is 5.75 Å². The number of rotatable bonds is 5. The Kier molecular flexibility index (Phi) is 3.86. The Labute approximate surface area is 114 Å². The van der Waals surface area contributed by atoms with E-state index in [4.69, 9.17) is 10.5 Å². The van der Waals surface area contributed by atoms with Gasteiger partial charge in [-0.1, -0.05) is 23.5 Å². The summed E-state index contributed by atoms with van der Waals surface area (Å²) in [6.45, 7) is 2.25. The fourth-order valence-electron chi connectivity index (χ4n) is 1.35. The Hall–Kier alpha value is -1.87. The lowest BCUT2D eigenvalue weighted by atomic mass is 10.3. The zero-order valence-electron chi connectivity index (χ0n) is 10.0. The van der Waals surface area contributed by atoms with Crippen molar-refractivity contribution in [3.63, 3.8) is 0 Å². The average Bonchev–Trinajstić information content (AvgIpc) is 2.79. The third kappa shape index (κ3) is 3.12. The van der Waals surface area contributed by atoms with Gasteiger partial charge in [-0.3, -0.25) is 4.72 Å². The molecule has 0 unspecified atom stereocenters. The van der Waals surface area contributed by atoms with Crippen LogP contribution in [0.4, 0.5) is 10.8 Å². The Balaban J connectivity index is 2.30. The quantitative estimate of drug-likeness (QED) is 0.862. The molecule has 0 aliphatic heterocycles. The zero-order chi connectivity index (χ0) is 13.9. The van der Waals surface area contributed by atoms with Gasteiger partial charge < -0.3 is 10.5 Å². The molecule has 1 aromatic heterocycles. The van der Waals surface area contributed by atoms with Crippen molar-refractivity contribution in [3.8, 4) is 5.75 Å². The number of nitrogens with one attached hydrogen (secondary N) is 1. The molecule has 0 aliphatic carbocycles. The number of nitrogens with zero attached hydrogens (tertiary/aromatic N) is 2. The molecular weight excluding hydrogens is 288 g/mol. The van der Waals surface area contributed by atoms with Gasteiger partial charge in [0.15, 0.2) is 0 Å². The summed E-state index contributed by atoms with van der Waals surface area (Å²) in [6, 6.07) is 6.74. The summed E-state index contributed by atoms with van der Waals surface area (Å²) in [5.41, 5.74) is 5.72. The van der Waals surface area contributed by atoms with Crippen molar-refractivity contribution in [1.29, 1.82) is 0 Å². The van der Waals surface area contributed by atoms with Crippen molar-refractivity contribution in [1.82, 2.24) is 10.2 Å². The molecule has 0 aliphatic rings. The molecule has 0 amide bonds. The van der Waals surface area contributed by atoms with Crippen molar-refractivity contribution >= 4 is 32.2 Å². The summed E-state index contributed by atoms with van der Waals surface area (Å²) in [5, 5.41) is 7.09. The highest BCUT2D eigenvalue weighted by molar-refractivity contribution is 7.94. The van der Waals surface area contributed by atoms with E-state index in [1.54, 1.807) is 24.3 Å². The van der Waals surface area contributed by atoms with Crippen LogP contribution in [0.15, 0.2) is 28.6 Å². The average molecular weight is 300 g/mol. The van der Waals surface area contributed by atoms with Crippen LogP contribution in [-0.2, 0) is 10.0 Å². The van der Waals surface area contributed by atoms with Crippen LogP contribution in [0.2, 0.25) is 0 Å². The summed E-state index contributed by atoms with van der Waals surface area (Å²) < 4.78 is 31.7. The molecule has 0 saturated heterocycles. The van der Waals surface area contributed by atoms with Crippen LogP contribution in [-0.4, -0.2) is 25.2 Å². The molecule has 0 atom stereocenters. The number of nitrogens with two attached hydrogens (primary N) is 1. The maximum atomic E-state index is 12.1. The number of nitrogen functional groups attached to an aromatic ring is 1. The van der Waals surface area contributed by atoms with Gasteiger partial charge in [0.25, 0.3) is 14.4 Å². The molecule has 0 bridgehead atoms. The first-order chi connectivity index (χ1) is 9.03. The molecule has 19 heavy (non-hydrogen) atoms. The Morgan fingerprint density at radius 3 is 2.74 bits per heavy atom. The predicted molar refractivity (Wildman–Crippen MR) is 72.7 cm³/mol. The van der Waals surface area contributed by atoms with E-state index in [2.05, 4.69) is 14.9 Å². The first kappa shape index (κ1) is 13.6. The van der Waals surface area contributed by atoms with Gasteiger partial charge in [-0.2, -0.15) is 8.42 Å². The summed E-state index contributed by atoms with van der Waals surface area (Å²) in [7, 11) is -3.80. The van der Waals surface area contributed by atoms with E-state index < -0.39 is 10.0 Å². The molecule has 1 aromatic carbocycles. The minimum absolute atomic E-state index is 0.0958. The number of hydrogen-bond donors (Lipinski definition) is 2. The summed E-state index contributed by atoms with van der Waals surface area (Å²) in [5.74, 6) is 0.450. The van der Waals surface area contributed by atoms with Gasteiger partial charge in [0.05, 0.1) is 12.3 Å². The normalized spacial score (nSPS) is 11.2. The lowest BCUT2D eigenvalue weighted by Crippen LogP contribution is -2.13. The second-order valence-electron chi connectivity index (χ2n) is 3.44. The second kappa shape index (κ2) is 5.41. The fourth-order valence-corrected chi connectivity index (χ4v) is 3.21. The largest absolute Gasteiger partial charge is 0.492 e. The van der Waals surface area contributed by atoms with Gasteiger partial charge in [-0.25, -0.2) is 0 Å². The molecule has 2 aromatic rings. The molecule has 0 saturated carbocycles. The van der Waals surface area contributed by atoms with E-state index in [0.717, 1.165) is 11.3 Å². The third-order valence-electron chi connectivity index (χ3n) is 2.08. The van der Waals surface area contributed by atoms with Gasteiger partial charge in [-0.15, -0.1) is 10.2 Å². The highest BCUT2D eigenvalue weighted by Gasteiger charge is 2.21. The van der Waals surface area contributed by atoms with Crippen LogP contribution in [0.3, 0.4) is 0 Å². The monoisotopic (exact) mass is 300 g/mol. The van der Waals surface area contributed by atoms with E-state index in [1.165, 1.54) is 0 Å². The van der Waals surface area contributed by atoms with Gasteiger partial charge in [0, 0.05) is 0 Å². The van der Waals surface area contributed by atoms with E-state index >= 15 is 0 Å². The number of hydrogen-bond acceptors (Lipinski definition) is 7. The summed E-state index contributed by atoms with van der Waals surface area (Å²) in [6.07, 6.45) is 0. The molecule has 9 heteroatoms. The van der Waals surface area contributed by atoms with Crippen LogP contribution >= 0.6 is 11.3 Å². The molecular formula is C10H12N4O3S2. The Morgan fingerprint density at radius 2 is 2.11 bits per heavy atom. The predicted octanol–water partition coefficient (Wildman–Crippen LogP) is 1.32. The maximum absolute atomic E-state index is 12.1. The molecule has 2 rings (SSSR count). The SMILES string of the molecule is CCOc1ccccc1NS(=O)(=O)c1nnc(N)s1. The lowest BCUT2D eigenvalue weighted by Gasteiger charge is -2.10. The second-order valence-corrected chi connectivity index (χ2v) is 6.31. The number of ether oxygens (including phenoxy) is 1. The fraction of sp³-hybridized carbons (Fsp3) is 0.200.